The maximum absolute atomic E-state index is 12.2. The number of carbonyl (C=O) groups excluding carboxylic acids is 1. The Kier molecular flexibility index (Phi) is 6.27. The number of hydrogen-bond donors (Lipinski definition) is 2. The Hall–Kier alpha value is -1.06. The fraction of sp³-hybridized carbons (Fsp3) is 0.611. The second-order valence-electron chi connectivity index (χ2n) is 6.63. The van der Waals surface area contributed by atoms with Gasteiger partial charge >= 0.3 is 0 Å². The number of halogens is 1. The fourth-order valence-electron chi connectivity index (χ4n) is 3.91. The molecule has 1 unspecified atom stereocenters. The Labute approximate surface area is 139 Å². The molecule has 1 aliphatic carbocycles. The van der Waals surface area contributed by atoms with Gasteiger partial charge in [0.2, 0.25) is 5.91 Å². The summed E-state index contributed by atoms with van der Waals surface area (Å²) in [5, 5.41) is 6.61. The van der Waals surface area contributed by atoms with Crippen molar-refractivity contribution in [3.8, 4) is 0 Å². The lowest BCUT2D eigenvalue weighted by atomic mass is 9.79. The highest BCUT2D eigenvalue weighted by atomic mass is 35.5. The molecule has 1 heterocycles. The van der Waals surface area contributed by atoms with Crippen LogP contribution in [0, 0.1) is 0 Å². The van der Waals surface area contributed by atoms with Gasteiger partial charge in [-0.25, -0.2) is 0 Å². The summed E-state index contributed by atoms with van der Waals surface area (Å²) in [6.45, 7) is 1.86. The normalized spacial score (nSPS) is 23.0. The summed E-state index contributed by atoms with van der Waals surface area (Å²) >= 11 is 0. The van der Waals surface area contributed by atoms with E-state index in [-0.39, 0.29) is 23.7 Å². The average Bonchev–Trinajstić information content (AvgIpc) is 3.18. The maximum atomic E-state index is 12.2. The molecule has 1 aliphatic heterocycles. The summed E-state index contributed by atoms with van der Waals surface area (Å²) in [4.78, 5) is 12.2. The van der Waals surface area contributed by atoms with E-state index >= 15 is 0 Å². The molecule has 1 atom stereocenters. The van der Waals surface area contributed by atoms with Crippen molar-refractivity contribution in [3.05, 3.63) is 35.9 Å². The van der Waals surface area contributed by atoms with Crippen LogP contribution < -0.4 is 10.6 Å². The highest BCUT2D eigenvalue weighted by Gasteiger charge is 2.35. The Morgan fingerprint density at radius 2 is 1.91 bits per heavy atom. The van der Waals surface area contributed by atoms with Gasteiger partial charge in [0.25, 0.3) is 0 Å². The quantitative estimate of drug-likeness (QED) is 0.874. The van der Waals surface area contributed by atoms with E-state index in [9.17, 15) is 4.79 Å². The van der Waals surface area contributed by atoms with Gasteiger partial charge in [0.15, 0.2) is 0 Å². The van der Waals surface area contributed by atoms with Crippen molar-refractivity contribution in [3.63, 3.8) is 0 Å². The molecular weight excluding hydrogens is 296 g/mol. The third-order valence-corrected chi connectivity index (χ3v) is 5.16. The molecule has 2 fully saturated rings. The molecule has 1 aromatic rings. The minimum Gasteiger partial charge on any atom is -0.355 e. The maximum Gasteiger partial charge on any atom is 0.221 e. The van der Waals surface area contributed by atoms with E-state index in [1.54, 1.807) is 0 Å². The van der Waals surface area contributed by atoms with E-state index < -0.39 is 0 Å². The predicted molar refractivity (Wildman–Crippen MR) is 92.5 cm³/mol. The number of carbonyl (C=O) groups is 1. The summed E-state index contributed by atoms with van der Waals surface area (Å²) < 4.78 is 0. The standard InChI is InChI=1S/C18H26N2O.ClH/c21-17(13-16-9-6-12-19-16)20-14-18(10-4-5-11-18)15-7-2-1-3-8-15;/h1-3,7-8,16,19H,4-6,9-14H2,(H,20,21);1H. The lowest BCUT2D eigenvalue weighted by molar-refractivity contribution is -0.121. The van der Waals surface area contributed by atoms with E-state index in [4.69, 9.17) is 0 Å². The van der Waals surface area contributed by atoms with Crippen LogP contribution in [0.3, 0.4) is 0 Å². The molecule has 0 spiro atoms. The van der Waals surface area contributed by atoms with Crippen LogP contribution in [0.2, 0.25) is 0 Å². The number of benzene rings is 1. The van der Waals surface area contributed by atoms with Crippen LogP contribution in [-0.4, -0.2) is 25.0 Å². The van der Waals surface area contributed by atoms with Gasteiger partial charge in [0.05, 0.1) is 0 Å². The number of amides is 1. The van der Waals surface area contributed by atoms with Gasteiger partial charge in [0.1, 0.15) is 0 Å². The van der Waals surface area contributed by atoms with Gasteiger partial charge in [-0.3, -0.25) is 4.79 Å². The highest BCUT2D eigenvalue weighted by Crippen LogP contribution is 2.40. The molecule has 1 saturated carbocycles. The predicted octanol–water partition coefficient (Wildman–Crippen LogP) is 3.18. The van der Waals surface area contributed by atoms with Gasteiger partial charge in [-0.1, -0.05) is 43.2 Å². The van der Waals surface area contributed by atoms with Crippen molar-refractivity contribution < 1.29 is 4.79 Å². The average molecular weight is 323 g/mol. The molecule has 2 N–H and O–H groups in total. The second kappa shape index (κ2) is 7.98. The summed E-state index contributed by atoms with van der Waals surface area (Å²) in [5.41, 5.74) is 1.56. The van der Waals surface area contributed by atoms with Gasteiger partial charge in [-0.2, -0.15) is 0 Å². The van der Waals surface area contributed by atoms with Crippen molar-refractivity contribution >= 4 is 18.3 Å². The van der Waals surface area contributed by atoms with Crippen molar-refractivity contribution in [2.45, 2.75) is 56.4 Å². The summed E-state index contributed by atoms with van der Waals surface area (Å²) in [6.07, 6.45) is 7.90. The zero-order valence-corrected chi connectivity index (χ0v) is 14.0. The fourth-order valence-corrected chi connectivity index (χ4v) is 3.91. The van der Waals surface area contributed by atoms with Crippen LogP contribution >= 0.6 is 12.4 Å². The first kappa shape index (κ1) is 17.3. The molecule has 3 nitrogen and oxygen atoms in total. The van der Waals surface area contributed by atoms with Gasteiger partial charge in [-0.05, 0) is 37.8 Å². The Morgan fingerprint density at radius 1 is 1.18 bits per heavy atom. The molecule has 0 aromatic heterocycles. The Balaban J connectivity index is 0.00000176. The van der Waals surface area contributed by atoms with E-state index in [0.717, 1.165) is 19.5 Å². The van der Waals surface area contributed by atoms with E-state index in [1.165, 1.54) is 37.7 Å². The molecule has 1 saturated heterocycles. The number of rotatable bonds is 5. The van der Waals surface area contributed by atoms with E-state index in [0.29, 0.717) is 12.5 Å². The topological polar surface area (TPSA) is 41.1 Å². The van der Waals surface area contributed by atoms with Crippen molar-refractivity contribution in [1.29, 1.82) is 0 Å². The Morgan fingerprint density at radius 3 is 2.55 bits per heavy atom. The minimum absolute atomic E-state index is 0. The van der Waals surface area contributed by atoms with Crippen LogP contribution in [0.4, 0.5) is 0 Å². The van der Waals surface area contributed by atoms with Crippen LogP contribution in [0.15, 0.2) is 30.3 Å². The second-order valence-corrected chi connectivity index (χ2v) is 6.63. The lowest BCUT2D eigenvalue weighted by Crippen LogP contribution is -2.40. The molecule has 122 valence electrons. The van der Waals surface area contributed by atoms with Gasteiger partial charge in [-0.15, -0.1) is 12.4 Å². The summed E-state index contributed by atoms with van der Waals surface area (Å²) in [5.74, 6) is 0.205. The van der Waals surface area contributed by atoms with E-state index in [2.05, 4.69) is 41.0 Å². The summed E-state index contributed by atoms with van der Waals surface area (Å²) in [6, 6.07) is 11.1. The largest absolute Gasteiger partial charge is 0.355 e. The van der Waals surface area contributed by atoms with Crippen LogP contribution in [0.25, 0.3) is 0 Å². The molecule has 0 bridgehead atoms. The van der Waals surface area contributed by atoms with Crippen molar-refractivity contribution in [2.75, 3.05) is 13.1 Å². The molecule has 3 rings (SSSR count). The molecule has 0 radical (unpaired) electrons. The molecule has 1 amide bonds. The minimum atomic E-state index is 0. The van der Waals surface area contributed by atoms with Gasteiger partial charge < -0.3 is 10.6 Å². The van der Waals surface area contributed by atoms with Crippen molar-refractivity contribution in [2.24, 2.45) is 0 Å². The molecule has 1 aromatic carbocycles. The lowest BCUT2D eigenvalue weighted by Gasteiger charge is -2.30. The summed E-state index contributed by atoms with van der Waals surface area (Å²) in [7, 11) is 0. The zero-order valence-electron chi connectivity index (χ0n) is 13.1. The molecule has 4 heteroatoms. The highest BCUT2D eigenvalue weighted by molar-refractivity contribution is 5.85. The van der Waals surface area contributed by atoms with Crippen LogP contribution in [-0.2, 0) is 10.2 Å². The monoisotopic (exact) mass is 322 g/mol. The first-order chi connectivity index (χ1) is 10.3. The third-order valence-electron chi connectivity index (χ3n) is 5.16. The van der Waals surface area contributed by atoms with Crippen LogP contribution in [0.5, 0.6) is 0 Å². The molecule has 2 aliphatic rings. The first-order valence-corrected chi connectivity index (χ1v) is 8.34. The third kappa shape index (κ3) is 4.02. The van der Waals surface area contributed by atoms with Crippen molar-refractivity contribution in [1.82, 2.24) is 10.6 Å². The van der Waals surface area contributed by atoms with E-state index in [1.807, 2.05) is 0 Å². The zero-order chi connectivity index (χ0) is 14.5. The molecule has 22 heavy (non-hydrogen) atoms. The van der Waals surface area contributed by atoms with Gasteiger partial charge in [0, 0.05) is 24.4 Å². The number of hydrogen-bond acceptors (Lipinski definition) is 2. The van der Waals surface area contributed by atoms with Crippen LogP contribution in [0.1, 0.15) is 50.5 Å². The smallest absolute Gasteiger partial charge is 0.221 e. The Bertz CT molecular complexity index is 465. The number of nitrogens with one attached hydrogen (secondary N) is 2. The molecular formula is C18H27ClN2O. The SMILES string of the molecule is Cl.O=C(CC1CCCN1)NCC1(c2ccccc2)CCCC1. The first-order valence-electron chi connectivity index (χ1n) is 8.34.